The Morgan fingerprint density at radius 2 is 2.08 bits per heavy atom. The molecule has 0 aliphatic carbocycles. The highest BCUT2D eigenvalue weighted by Crippen LogP contribution is 2.30. The van der Waals surface area contributed by atoms with Crippen molar-refractivity contribution < 1.29 is 9.47 Å². The maximum absolute atomic E-state index is 5.59. The van der Waals surface area contributed by atoms with Gasteiger partial charge in [-0.25, -0.2) is 0 Å². The minimum atomic E-state index is 0.327. The molecule has 1 unspecified atom stereocenters. The maximum Gasteiger partial charge on any atom is 0.127 e. The molecule has 3 rings (SSSR count). The first-order chi connectivity index (χ1) is 6.43. The van der Waals surface area contributed by atoms with Crippen molar-refractivity contribution in [3.05, 3.63) is 35.4 Å². The zero-order chi connectivity index (χ0) is 8.67. The van der Waals surface area contributed by atoms with Gasteiger partial charge in [-0.3, -0.25) is 0 Å². The monoisotopic (exact) mass is 174 g/mol. The third-order valence-electron chi connectivity index (χ3n) is 2.40. The van der Waals surface area contributed by atoms with E-state index in [1.807, 2.05) is 18.2 Å². The molecular weight excluding hydrogens is 164 g/mol. The van der Waals surface area contributed by atoms with Crippen molar-refractivity contribution in [1.29, 1.82) is 0 Å². The normalized spacial score (nSPS) is 24.3. The Labute approximate surface area is 76.8 Å². The molecule has 66 valence electrons. The Kier molecular flexibility index (Phi) is 1.43. The maximum atomic E-state index is 5.59. The van der Waals surface area contributed by atoms with Crippen molar-refractivity contribution in [2.75, 3.05) is 13.2 Å². The van der Waals surface area contributed by atoms with Crippen molar-refractivity contribution in [3.63, 3.8) is 0 Å². The molecule has 0 spiro atoms. The molecule has 1 saturated heterocycles. The predicted octanol–water partition coefficient (Wildman–Crippen LogP) is 1.86. The molecule has 1 aromatic rings. The van der Waals surface area contributed by atoms with E-state index in [0.29, 0.717) is 12.7 Å². The van der Waals surface area contributed by atoms with Gasteiger partial charge >= 0.3 is 0 Å². The highest BCUT2D eigenvalue weighted by atomic mass is 16.6. The van der Waals surface area contributed by atoms with Crippen molar-refractivity contribution in [3.8, 4) is 5.75 Å². The molecular formula is C11H10O2. The van der Waals surface area contributed by atoms with Crippen LogP contribution in [0.1, 0.15) is 5.56 Å². The summed E-state index contributed by atoms with van der Waals surface area (Å²) in [5.74, 6) is 0.979. The summed E-state index contributed by atoms with van der Waals surface area (Å²) >= 11 is 0. The molecule has 0 bridgehead atoms. The van der Waals surface area contributed by atoms with Crippen LogP contribution in [0.15, 0.2) is 29.8 Å². The first kappa shape index (κ1) is 7.15. The lowest BCUT2D eigenvalue weighted by atomic mass is 10.1. The fourth-order valence-electron chi connectivity index (χ4n) is 1.58. The van der Waals surface area contributed by atoms with Gasteiger partial charge < -0.3 is 9.47 Å². The zero-order valence-corrected chi connectivity index (χ0v) is 7.19. The molecule has 1 atom stereocenters. The van der Waals surface area contributed by atoms with Crippen LogP contribution in [0.2, 0.25) is 0 Å². The summed E-state index contributed by atoms with van der Waals surface area (Å²) in [7, 11) is 0. The van der Waals surface area contributed by atoms with Gasteiger partial charge in [0, 0.05) is 5.56 Å². The molecule has 0 amide bonds. The van der Waals surface area contributed by atoms with Gasteiger partial charge in [0.15, 0.2) is 0 Å². The molecule has 0 aromatic heterocycles. The molecule has 2 aliphatic rings. The predicted molar refractivity (Wildman–Crippen MR) is 49.7 cm³/mol. The van der Waals surface area contributed by atoms with E-state index in [9.17, 15) is 0 Å². The van der Waals surface area contributed by atoms with E-state index in [4.69, 9.17) is 9.47 Å². The van der Waals surface area contributed by atoms with Gasteiger partial charge in [0.2, 0.25) is 0 Å². The molecule has 1 fully saturated rings. The highest BCUT2D eigenvalue weighted by Gasteiger charge is 2.29. The quantitative estimate of drug-likeness (QED) is 0.606. The SMILES string of the molecule is C1=C(C2CO2)COc2ccccc21. The lowest BCUT2D eigenvalue weighted by molar-refractivity contribution is 0.328. The molecule has 1 aromatic carbocycles. The average Bonchev–Trinajstić information content (AvgIpc) is 3.00. The number of rotatable bonds is 1. The molecule has 2 aliphatic heterocycles. The molecule has 0 saturated carbocycles. The second-order valence-electron chi connectivity index (χ2n) is 3.37. The molecule has 13 heavy (non-hydrogen) atoms. The lowest BCUT2D eigenvalue weighted by Gasteiger charge is -2.16. The van der Waals surface area contributed by atoms with Crippen LogP contribution in [-0.4, -0.2) is 19.3 Å². The second kappa shape index (κ2) is 2.60. The zero-order valence-electron chi connectivity index (χ0n) is 7.19. The van der Waals surface area contributed by atoms with E-state index in [1.165, 1.54) is 11.1 Å². The summed E-state index contributed by atoms with van der Waals surface area (Å²) in [5, 5.41) is 0. The number of para-hydroxylation sites is 1. The Hall–Kier alpha value is -1.28. The summed E-state index contributed by atoms with van der Waals surface area (Å²) in [5.41, 5.74) is 2.43. The number of hydrogen-bond donors (Lipinski definition) is 0. The van der Waals surface area contributed by atoms with Crippen LogP contribution < -0.4 is 4.74 Å². The summed E-state index contributed by atoms with van der Waals surface area (Å²) in [4.78, 5) is 0. The molecule has 0 N–H and O–H groups in total. The minimum absolute atomic E-state index is 0.327. The number of hydrogen-bond acceptors (Lipinski definition) is 2. The summed E-state index contributed by atoms with van der Waals surface area (Å²) in [6.07, 6.45) is 2.50. The van der Waals surface area contributed by atoms with Crippen molar-refractivity contribution in [2.24, 2.45) is 0 Å². The smallest absolute Gasteiger partial charge is 0.127 e. The first-order valence-electron chi connectivity index (χ1n) is 4.47. The van der Waals surface area contributed by atoms with Gasteiger partial charge in [0.25, 0.3) is 0 Å². The van der Waals surface area contributed by atoms with Crippen LogP contribution in [0.4, 0.5) is 0 Å². The fourth-order valence-corrected chi connectivity index (χ4v) is 1.58. The summed E-state index contributed by atoms with van der Waals surface area (Å²) in [6, 6.07) is 8.08. The van der Waals surface area contributed by atoms with Crippen LogP contribution in [0.3, 0.4) is 0 Å². The van der Waals surface area contributed by atoms with E-state index in [1.54, 1.807) is 0 Å². The minimum Gasteiger partial charge on any atom is -0.489 e. The van der Waals surface area contributed by atoms with E-state index in [0.717, 1.165) is 12.4 Å². The van der Waals surface area contributed by atoms with Gasteiger partial charge in [-0.2, -0.15) is 0 Å². The Bertz CT molecular complexity index is 364. The van der Waals surface area contributed by atoms with Gasteiger partial charge in [-0.05, 0) is 17.7 Å². The van der Waals surface area contributed by atoms with Gasteiger partial charge in [-0.1, -0.05) is 18.2 Å². The summed E-state index contributed by atoms with van der Waals surface area (Å²) < 4.78 is 10.8. The topological polar surface area (TPSA) is 21.8 Å². The number of epoxide rings is 1. The van der Waals surface area contributed by atoms with Crippen molar-refractivity contribution in [1.82, 2.24) is 0 Å². The second-order valence-corrected chi connectivity index (χ2v) is 3.37. The van der Waals surface area contributed by atoms with E-state index in [-0.39, 0.29) is 0 Å². The molecule has 2 heterocycles. The van der Waals surface area contributed by atoms with E-state index < -0.39 is 0 Å². The largest absolute Gasteiger partial charge is 0.489 e. The van der Waals surface area contributed by atoms with Crippen LogP contribution >= 0.6 is 0 Å². The molecule has 2 heteroatoms. The van der Waals surface area contributed by atoms with E-state index >= 15 is 0 Å². The summed E-state index contributed by atoms with van der Waals surface area (Å²) in [6.45, 7) is 1.54. The van der Waals surface area contributed by atoms with Crippen LogP contribution in [0.25, 0.3) is 6.08 Å². The van der Waals surface area contributed by atoms with Gasteiger partial charge in [0.05, 0.1) is 6.61 Å². The third kappa shape index (κ3) is 1.23. The number of benzene rings is 1. The highest BCUT2D eigenvalue weighted by molar-refractivity contribution is 5.63. The van der Waals surface area contributed by atoms with Crippen LogP contribution in [0.5, 0.6) is 5.75 Å². The molecule has 0 radical (unpaired) electrons. The molecule has 2 nitrogen and oxygen atoms in total. The van der Waals surface area contributed by atoms with Crippen molar-refractivity contribution >= 4 is 6.08 Å². The Morgan fingerprint density at radius 3 is 2.92 bits per heavy atom. The standard InChI is InChI=1S/C11H10O2/c1-2-4-10-8(3-1)5-9(6-12-10)11-7-13-11/h1-5,11H,6-7H2. The Balaban J connectivity index is 2.01. The first-order valence-corrected chi connectivity index (χ1v) is 4.47. The van der Waals surface area contributed by atoms with Gasteiger partial charge in [-0.15, -0.1) is 0 Å². The van der Waals surface area contributed by atoms with Gasteiger partial charge in [0.1, 0.15) is 18.5 Å². The van der Waals surface area contributed by atoms with Crippen molar-refractivity contribution in [2.45, 2.75) is 6.10 Å². The van der Waals surface area contributed by atoms with Crippen LogP contribution in [-0.2, 0) is 4.74 Å². The fraction of sp³-hybridized carbons (Fsp3) is 0.273. The third-order valence-corrected chi connectivity index (χ3v) is 2.40. The average molecular weight is 174 g/mol. The van der Waals surface area contributed by atoms with E-state index in [2.05, 4.69) is 12.1 Å². The number of ether oxygens (including phenoxy) is 2. The van der Waals surface area contributed by atoms with Crippen LogP contribution in [0, 0.1) is 0 Å². The lowest BCUT2D eigenvalue weighted by Crippen LogP contribution is -2.10. The number of fused-ring (bicyclic) bond motifs is 1. The Morgan fingerprint density at radius 1 is 1.23 bits per heavy atom.